The van der Waals surface area contributed by atoms with Crippen molar-refractivity contribution >= 4 is 36.7 Å². The van der Waals surface area contributed by atoms with Crippen molar-refractivity contribution in [3.63, 3.8) is 0 Å². The predicted molar refractivity (Wildman–Crippen MR) is 107 cm³/mol. The Morgan fingerprint density at radius 3 is 2.39 bits per heavy atom. The quantitative estimate of drug-likeness (QED) is 0.760. The third-order valence-electron chi connectivity index (χ3n) is 5.55. The first-order valence-corrected chi connectivity index (χ1v) is 9.18. The molecule has 3 aliphatic heterocycles. The number of amides is 1. The van der Waals surface area contributed by atoms with Crippen LogP contribution in [0, 0.1) is 0 Å². The molecule has 4 rings (SSSR count). The summed E-state index contributed by atoms with van der Waals surface area (Å²) >= 11 is 0. The summed E-state index contributed by atoms with van der Waals surface area (Å²) in [5.74, 6) is -2.16. The molecule has 0 aliphatic carbocycles. The van der Waals surface area contributed by atoms with Crippen molar-refractivity contribution in [1.82, 2.24) is 25.1 Å². The zero-order chi connectivity index (χ0) is 18.1. The van der Waals surface area contributed by atoms with Gasteiger partial charge >= 0.3 is 0 Å². The van der Waals surface area contributed by atoms with Crippen LogP contribution in [0.15, 0.2) is 18.5 Å². The maximum Gasteiger partial charge on any atom is 0.267 e. The zero-order valence-corrected chi connectivity index (χ0v) is 17.1. The van der Waals surface area contributed by atoms with Gasteiger partial charge in [-0.2, -0.15) is 0 Å². The van der Waals surface area contributed by atoms with Crippen molar-refractivity contribution in [1.29, 1.82) is 0 Å². The van der Waals surface area contributed by atoms with Crippen molar-refractivity contribution in [2.45, 2.75) is 30.8 Å². The summed E-state index contributed by atoms with van der Waals surface area (Å²) in [7, 11) is 0. The Bertz CT molecular complexity index is 648. The van der Waals surface area contributed by atoms with Crippen LogP contribution in [0.5, 0.6) is 0 Å². The van der Waals surface area contributed by atoms with E-state index in [0.29, 0.717) is 6.42 Å². The summed E-state index contributed by atoms with van der Waals surface area (Å²) in [4.78, 5) is 26.9. The van der Waals surface area contributed by atoms with Gasteiger partial charge in [-0.05, 0) is 12.5 Å². The zero-order valence-electron chi connectivity index (χ0n) is 15.5. The minimum absolute atomic E-state index is 0. The second-order valence-electron chi connectivity index (χ2n) is 7.29. The minimum Gasteiger partial charge on any atom is -0.338 e. The van der Waals surface area contributed by atoms with Gasteiger partial charge in [0.25, 0.3) is 5.92 Å². The Balaban J connectivity index is 0.00000140. The van der Waals surface area contributed by atoms with Crippen molar-refractivity contribution < 1.29 is 13.6 Å². The summed E-state index contributed by atoms with van der Waals surface area (Å²) in [6.07, 6.45) is 3.95. The molecule has 1 N–H and O–H groups in total. The molecule has 28 heavy (non-hydrogen) atoms. The lowest BCUT2D eigenvalue weighted by Gasteiger charge is -2.37. The Hall–Kier alpha value is -1.29. The van der Waals surface area contributed by atoms with E-state index in [9.17, 15) is 13.6 Å². The van der Waals surface area contributed by atoms with Gasteiger partial charge in [-0.1, -0.05) is 0 Å². The topological polar surface area (TPSA) is 64.6 Å². The van der Waals surface area contributed by atoms with E-state index in [4.69, 9.17) is 0 Å². The highest BCUT2D eigenvalue weighted by Gasteiger charge is 2.43. The van der Waals surface area contributed by atoms with Gasteiger partial charge in [0.05, 0.1) is 12.6 Å². The fourth-order valence-electron chi connectivity index (χ4n) is 4.07. The molecule has 2 atom stereocenters. The normalized spacial score (nSPS) is 27.2. The highest BCUT2D eigenvalue weighted by Crippen LogP contribution is 2.28. The van der Waals surface area contributed by atoms with Gasteiger partial charge in [0, 0.05) is 64.1 Å². The summed E-state index contributed by atoms with van der Waals surface area (Å²) in [6, 6.07) is 1.73. The van der Waals surface area contributed by atoms with Crippen molar-refractivity contribution in [3.8, 4) is 0 Å². The molecule has 1 amide bonds. The van der Waals surface area contributed by atoms with Crippen LogP contribution in [0.2, 0.25) is 0 Å². The third kappa shape index (κ3) is 5.00. The first kappa shape index (κ1) is 23.0. The van der Waals surface area contributed by atoms with Crippen LogP contribution in [0.3, 0.4) is 0 Å². The number of piperazine rings is 1. The van der Waals surface area contributed by atoms with Crippen LogP contribution in [-0.2, 0) is 4.79 Å². The van der Waals surface area contributed by atoms with Gasteiger partial charge in [-0.3, -0.25) is 9.69 Å². The SMILES string of the molecule is Cl.Cl.O=C([C@H]1C[C@@H](N2CCN(c3ncccn3)CC2)CN1)N1CCC(F)(F)C1. The monoisotopic (exact) mass is 438 g/mol. The van der Waals surface area contributed by atoms with Gasteiger partial charge in [0.15, 0.2) is 0 Å². The highest BCUT2D eigenvalue weighted by molar-refractivity contribution is 5.85. The molecule has 0 bridgehead atoms. The molecule has 0 saturated carbocycles. The summed E-state index contributed by atoms with van der Waals surface area (Å²) in [6.45, 7) is 3.90. The number of carbonyl (C=O) groups is 1. The van der Waals surface area contributed by atoms with Crippen molar-refractivity contribution in [2.24, 2.45) is 0 Å². The molecule has 1 aromatic heterocycles. The van der Waals surface area contributed by atoms with Gasteiger partial charge in [0.2, 0.25) is 11.9 Å². The van der Waals surface area contributed by atoms with Crippen molar-refractivity contribution in [2.75, 3.05) is 50.7 Å². The predicted octanol–water partition coefficient (Wildman–Crippen LogP) is 1.04. The molecule has 1 aromatic rings. The lowest BCUT2D eigenvalue weighted by molar-refractivity contribution is -0.133. The number of nitrogens with zero attached hydrogens (tertiary/aromatic N) is 5. The highest BCUT2D eigenvalue weighted by atomic mass is 35.5. The fourth-order valence-corrected chi connectivity index (χ4v) is 4.07. The molecule has 7 nitrogen and oxygen atoms in total. The van der Waals surface area contributed by atoms with E-state index in [-0.39, 0.29) is 55.8 Å². The Morgan fingerprint density at radius 1 is 1.11 bits per heavy atom. The molecule has 0 spiro atoms. The van der Waals surface area contributed by atoms with Crippen LogP contribution >= 0.6 is 24.8 Å². The number of rotatable bonds is 3. The number of anilines is 1. The smallest absolute Gasteiger partial charge is 0.267 e. The summed E-state index contributed by atoms with van der Waals surface area (Å²) in [5.41, 5.74) is 0. The molecule has 3 aliphatic rings. The Kier molecular flexibility index (Phi) is 7.78. The Morgan fingerprint density at radius 2 is 1.79 bits per heavy atom. The maximum absolute atomic E-state index is 13.3. The van der Waals surface area contributed by atoms with Gasteiger partial charge in [-0.25, -0.2) is 18.7 Å². The average molecular weight is 439 g/mol. The van der Waals surface area contributed by atoms with Crippen LogP contribution in [-0.4, -0.2) is 89.5 Å². The number of likely N-dealkylation sites (tertiary alicyclic amines) is 1. The third-order valence-corrected chi connectivity index (χ3v) is 5.55. The number of carbonyl (C=O) groups excluding carboxylic acids is 1. The number of hydrogen-bond donors (Lipinski definition) is 1. The molecule has 0 aromatic carbocycles. The van der Waals surface area contributed by atoms with Crippen LogP contribution in [0.25, 0.3) is 0 Å². The van der Waals surface area contributed by atoms with Crippen LogP contribution in [0.4, 0.5) is 14.7 Å². The fraction of sp³-hybridized carbons (Fsp3) is 0.706. The second kappa shape index (κ2) is 9.47. The van der Waals surface area contributed by atoms with E-state index in [2.05, 4.69) is 25.1 Å². The molecule has 11 heteroatoms. The van der Waals surface area contributed by atoms with Crippen LogP contribution in [0.1, 0.15) is 12.8 Å². The minimum atomic E-state index is -2.73. The molecule has 0 radical (unpaired) electrons. The lowest BCUT2D eigenvalue weighted by atomic mass is 10.1. The van der Waals surface area contributed by atoms with Gasteiger partial charge in [-0.15, -0.1) is 24.8 Å². The second-order valence-corrected chi connectivity index (χ2v) is 7.29. The van der Waals surface area contributed by atoms with E-state index >= 15 is 0 Å². The standard InChI is InChI=1S/C17H24F2N6O.2ClH/c18-17(19)2-5-25(12-17)15(26)14-10-13(11-22-14)23-6-8-24(9-7-23)16-20-3-1-4-21-16;;/h1,3-4,13-14,22H,2,5-12H2;2*1H/t13-,14-;;/m1../s1. The molecule has 3 fully saturated rings. The molecular formula is C17H26Cl2F2N6O. The summed E-state index contributed by atoms with van der Waals surface area (Å²) < 4.78 is 26.7. The number of alkyl halides is 2. The molecular weight excluding hydrogens is 413 g/mol. The first-order chi connectivity index (χ1) is 12.5. The average Bonchev–Trinajstić information content (AvgIpc) is 3.29. The number of hydrogen-bond acceptors (Lipinski definition) is 6. The van der Waals surface area contributed by atoms with E-state index in [1.54, 1.807) is 18.5 Å². The van der Waals surface area contributed by atoms with E-state index in [1.807, 2.05) is 0 Å². The van der Waals surface area contributed by atoms with Crippen LogP contribution < -0.4 is 10.2 Å². The van der Waals surface area contributed by atoms with E-state index in [1.165, 1.54) is 4.90 Å². The van der Waals surface area contributed by atoms with E-state index in [0.717, 1.165) is 38.7 Å². The first-order valence-electron chi connectivity index (χ1n) is 9.18. The number of aromatic nitrogens is 2. The molecule has 158 valence electrons. The molecule has 4 heterocycles. The maximum atomic E-state index is 13.3. The van der Waals surface area contributed by atoms with Gasteiger partial charge < -0.3 is 15.1 Å². The van der Waals surface area contributed by atoms with E-state index < -0.39 is 12.5 Å². The number of nitrogens with one attached hydrogen (secondary N) is 1. The lowest BCUT2D eigenvalue weighted by Crippen LogP contribution is -2.51. The molecule has 3 saturated heterocycles. The Labute approximate surface area is 175 Å². The summed E-state index contributed by atoms with van der Waals surface area (Å²) in [5, 5.41) is 3.23. The largest absolute Gasteiger partial charge is 0.338 e. The van der Waals surface area contributed by atoms with Crippen molar-refractivity contribution in [3.05, 3.63) is 18.5 Å². The molecule has 0 unspecified atom stereocenters. The van der Waals surface area contributed by atoms with Gasteiger partial charge in [0.1, 0.15) is 0 Å². The number of halogens is 4.